The summed E-state index contributed by atoms with van der Waals surface area (Å²) >= 11 is 0.930. The van der Waals surface area contributed by atoms with Gasteiger partial charge in [0.25, 0.3) is 5.91 Å². The number of hydrogen-bond donors (Lipinski definition) is 2. The van der Waals surface area contributed by atoms with Crippen molar-refractivity contribution in [2.45, 2.75) is 23.5 Å². The first-order valence-electron chi connectivity index (χ1n) is 7.94. The van der Waals surface area contributed by atoms with Gasteiger partial charge in [-0.3, -0.25) is 4.79 Å². The number of alkyl halides is 3. The van der Waals surface area contributed by atoms with Crippen molar-refractivity contribution >= 4 is 23.8 Å². The fraction of sp³-hybridized carbons (Fsp3) is 0.222. The second kappa shape index (κ2) is 7.91. The molecule has 0 aromatic heterocycles. The van der Waals surface area contributed by atoms with Crippen LogP contribution in [0.2, 0.25) is 0 Å². The second-order valence-electron chi connectivity index (χ2n) is 5.72. The molecule has 0 spiro atoms. The smallest absolute Gasteiger partial charge is 0.416 e. The van der Waals surface area contributed by atoms with Crippen molar-refractivity contribution in [1.29, 1.82) is 0 Å². The van der Waals surface area contributed by atoms with Crippen LogP contribution in [-0.2, 0) is 22.3 Å². The number of ether oxygens (including phenoxy) is 1. The minimum atomic E-state index is -4.48. The molecule has 2 aromatic rings. The highest BCUT2D eigenvalue weighted by atomic mass is 32.2. The summed E-state index contributed by atoms with van der Waals surface area (Å²) in [5.41, 5.74) is -0.807. The van der Waals surface area contributed by atoms with Crippen molar-refractivity contribution in [2.24, 2.45) is 0 Å². The van der Waals surface area contributed by atoms with E-state index < -0.39 is 34.6 Å². The molecule has 142 valence electrons. The third kappa shape index (κ3) is 4.94. The molecule has 2 unspecified atom stereocenters. The van der Waals surface area contributed by atoms with Gasteiger partial charge in [-0.25, -0.2) is 4.79 Å². The molecule has 3 rings (SSSR count). The number of halogens is 3. The van der Waals surface area contributed by atoms with Gasteiger partial charge < -0.3 is 15.4 Å². The number of nitrogens with one attached hydrogen (secondary N) is 2. The molecule has 2 aromatic carbocycles. The monoisotopic (exact) mass is 396 g/mol. The van der Waals surface area contributed by atoms with Crippen LogP contribution in [0.3, 0.4) is 0 Å². The number of thioether (sulfide) groups is 1. The fourth-order valence-electron chi connectivity index (χ4n) is 2.45. The summed E-state index contributed by atoms with van der Waals surface area (Å²) in [6.07, 6.45) is -5.26. The summed E-state index contributed by atoms with van der Waals surface area (Å²) in [4.78, 5) is 23.9. The highest BCUT2D eigenvalue weighted by Gasteiger charge is 2.38. The van der Waals surface area contributed by atoms with Gasteiger partial charge in [0, 0.05) is 6.54 Å². The number of hydrogen-bond acceptors (Lipinski definition) is 4. The Kier molecular flexibility index (Phi) is 5.59. The van der Waals surface area contributed by atoms with Crippen LogP contribution >= 0.6 is 11.8 Å². The number of alkyl carbamates (subject to hydrolysis) is 1. The van der Waals surface area contributed by atoms with Gasteiger partial charge in [0.2, 0.25) is 5.44 Å². The Morgan fingerprint density at radius 2 is 1.89 bits per heavy atom. The first-order valence-corrected chi connectivity index (χ1v) is 8.88. The van der Waals surface area contributed by atoms with E-state index in [4.69, 9.17) is 4.74 Å². The summed E-state index contributed by atoms with van der Waals surface area (Å²) in [5.74, 6) is -0.572. The molecule has 1 fully saturated rings. The van der Waals surface area contributed by atoms with E-state index in [0.717, 1.165) is 29.5 Å². The summed E-state index contributed by atoms with van der Waals surface area (Å²) in [5, 5.41) is 4.33. The van der Waals surface area contributed by atoms with E-state index in [2.05, 4.69) is 10.6 Å². The molecule has 2 N–H and O–H groups in total. The van der Waals surface area contributed by atoms with Crippen LogP contribution in [0, 0.1) is 0 Å². The third-order valence-corrected chi connectivity index (χ3v) is 4.98. The van der Waals surface area contributed by atoms with Crippen LogP contribution in [0.4, 0.5) is 18.0 Å². The Morgan fingerprint density at radius 3 is 2.59 bits per heavy atom. The van der Waals surface area contributed by atoms with Crippen LogP contribution in [0.25, 0.3) is 0 Å². The molecule has 5 nitrogen and oxygen atoms in total. The zero-order valence-electron chi connectivity index (χ0n) is 13.8. The molecule has 2 amide bonds. The lowest BCUT2D eigenvalue weighted by molar-refractivity contribution is -0.137. The lowest BCUT2D eigenvalue weighted by Crippen LogP contribution is -2.32. The van der Waals surface area contributed by atoms with Gasteiger partial charge >= 0.3 is 12.3 Å². The fourth-order valence-corrected chi connectivity index (χ4v) is 3.52. The van der Waals surface area contributed by atoms with E-state index in [-0.39, 0.29) is 12.1 Å². The van der Waals surface area contributed by atoms with E-state index in [1.807, 2.05) is 30.3 Å². The van der Waals surface area contributed by atoms with E-state index in [1.54, 1.807) is 0 Å². The SMILES string of the molecule is O=C(NCc1ccccc1)OC1SC(c2cccc(C(F)(F)F)c2)NC1=O. The lowest BCUT2D eigenvalue weighted by atomic mass is 10.1. The van der Waals surface area contributed by atoms with Gasteiger partial charge in [0.05, 0.1) is 5.56 Å². The number of amides is 2. The molecule has 0 saturated carbocycles. The largest absolute Gasteiger partial charge is 0.425 e. The van der Waals surface area contributed by atoms with Gasteiger partial charge in [-0.2, -0.15) is 13.2 Å². The normalized spacial score (nSPS) is 19.4. The van der Waals surface area contributed by atoms with E-state index in [0.29, 0.717) is 0 Å². The average molecular weight is 396 g/mol. The predicted octanol–water partition coefficient (Wildman–Crippen LogP) is 3.82. The van der Waals surface area contributed by atoms with Crippen molar-refractivity contribution in [1.82, 2.24) is 10.6 Å². The molecule has 1 aliphatic rings. The first-order chi connectivity index (χ1) is 12.8. The standard InChI is InChI=1S/C18H15F3N2O3S/c19-18(20,21)13-8-4-7-12(9-13)15-23-14(24)16(27-15)26-17(25)22-10-11-5-2-1-3-6-11/h1-9,15-16H,10H2,(H,22,25)(H,23,24). The topological polar surface area (TPSA) is 67.4 Å². The zero-order valence-corrected chi connectivity index (χ0v) is 14.6. The van der Waals surface area contributed by atoms with Crippen LogP contribution < -0.4 is 10.6 Å². The van der Waals surface area contributed by atoms with E-state index in [9.17, 15) is 22.8 Å². The molecule has 0 radical (unpaired) electrons. The van der Waals surface area contributed by atoms with Crippen molar-refractivity contribution < 1.29 is 27.5 Å². The van der Waals surface area contributed by atoms with Crippen molar-refractivity contribution in [2.75, 3.05) is 0 Å². The third-order valence-electron chi connectivity index (χ3n) is 3.76. The summed E-state index contributed by atoms with van der Waals surface area (Å²) in [6.45, 7) is 0.232. The molecule has 1 saturated heterocycles. The molecule has 0 aliphatic carbocycles. The van der Waals surface area contributed by atoms with Crippen LogP contribution in [0.1, 0.15) is 22.1 Å². The Balaban J connectivity index is 1.58. The number of benzene rings is 2. The van der Waals surface area contributed by atoms with Crippen LogP contribution in [0.5, 0.6) is 0 Å². The van der Waals surface area contributed by atoms with Crippen molar-refractivity contribution in [3.05, 3.63) is 71.3 Å². The molecular weight excluding hydrogens is 381 g/mol. The number of carbonyl (C=O) groups is 2. The molecule has 27 heavy (non-hydrogen) atoms. The van der Waals surface area contributed by atoms with Gasteiger partial charge in [0.1, 0.15) is 5.37 Å². The van der Waals surface area contributed by atoms with E-state index in [1.165, 1.54) is 12.1 Å². The van der Waals surface area contributed by atoms with Crippen LogP contribution in [0.15, 0.2) is 54.6 Å². The highest BCUT2D eigenvalue weighted by Crippen LogP contribution is 2.38. The maximum Gasteiger partial charge on any atom is 0.416 e. The Hall–Kier alpha value is -2.68. The molecule has 1 aliphatic heterocycles. The maximum atomic E-state index is 12.8. The second-order valence-corrected chi connectivity index (χ2v) is 6.90. The molecular formula is C18H15F3N2O3S. The number of rotatable bonds is 4. The maximum absolute atomic E-state index is 12.8. The predicted molar refractivity (Wildman–Crippen MR) is 93.5 cm³/mol. The zero-order chi connectivity index (χ0) is 19.4. The van der Waals surface area contributed by atoms with Crippen molar-refractivity contribution in [3.63, 3.8) is 0 Å². The Bertz CT molecular complexity index is 830. The van der Waals surface area contributed by atoms with Gasteiger partial charge in [-0.1, -0.05) is 54.2 Å². The molecule has 1 heterocycles. The van der Waals surface area contributed by atoms with Gasteiger partial charge in [-0.15, -0.1) is 0 Å². The molecule has 9 heteroatoms. The summed E-state index contributed by atoms with van der Waals surface area (Å²) < 4.78 is 43.6. The quantitative estimate of drug-likeness (QED) is 0.825. The first kappa shape index (κ1) is 19.1. The lowest BCUT2D eigenvalue weighted by Gasteiger charge is -2.13. The van der Waals surface area contributed by atoms with Crippen molar-refractivity contribution in [3.8, 4) is 0 Å². The Morgan fingerprint density at radius 1 is 1.15 bits per heavy atom. The minimum absolute atomic E-state index is 0.232. The summed E-state index contributed by atoms with van der Waals surface area (Å²) in [6, 6.07) is 13.8. The molecule has 0 bridgehead atoms. The minimum Gasteiger partial charge on any atom is -0.425 e. The summed E-state index contributed by atoms with van der Waals surface area (Å²) in [7, 11) is 0. The average Bonchev–Trinajstić information content (AvgIpc) is 3.01. The number of carbonyl (C=O) groups excluding carboxylic acids is 2. The highest BCUT2D eigenvalue weighted by molar-refractivity contribution is 8.01. The van der Waals surface area contributed by atoms with E-state index >= 15 is 0 Å². The van der Waals surface area contributed by atoms with Gasteiger partial charge in [-0.05, 0) is 23.3 Å². The van der Waals surface area contributed by atoms with Gasteiger partial charge in [0.15, 0.2) is 0 Å². The Labute approximate surface area is 157 Å². The van der Waals surface area contributed by atoms with Crippen LogP contribution in [-0.4, -0.2) is 17.4 Å². The molecule has 2 atom stereocenters.